The van der Waals surface area contributed by atoms with Crippen molar-refractivity contribution < 1.29 is 4.79 Å². The molecule has 3 aromatic rings. The minimum absolute atomic E-state index is 0.0367. The predicted molar refractivity (Wildman–Crippen MR) is 74.7 cm³/mol. The largest absolute Gasteiger partial charge is 0.295 e. The molecule has 18 heavy (non-hydrogen) atoms. The van der Waals surface area contributed by atoms with E-state index in [4.69, 9.17) is 0 Å². The molecule has 0 radical (unpaired) electrons. The normalized spacial score (nSPS) is 11.0. The summed E-state index contributed by atoms with van der Waals surface area (Å²) in [6.45, 7) is 1.55. The van der Waals surface area contributed by atoms with Crippen LogP contribution in [0.15, 0.2) is 40.9 Å². The van der Waals surface area contributed by atoms with Gasteiger partial charge in [0.1, 0.15) is 0 Å². The van der Waals surface area contributed by atoms with E-state index in [2.05, 4.69) is 25.9 Å². The fourth-order valence-corrected chi connectivity index (χ4v) is 2.22. The standard InChI is InChI=1S/C14H9BrN2O/c1-8(18)9-2-4-11-13(6-9)16-12-5-3-10(15)7-14(12)17-11/h2-7H,1H3. The van der Waals surface area contributed by atoms with E-state index in [1.165, 1.54) is 0 Å². The summed E-state index contributed by atoms with van der Waals surface area (Å²) in [7, 11) is 0. The lowest BCUT2D eigenvalue weighted by molar-refractivity contribution is 0.101. The van der Waals surface area contributed by atoms with Gasteiger partial charge in [0.2, 0.25) is 0 Å². The van der Waals surface area contributed by atoms with Crippen LogP contribution >= 0.6 is 15.9 Å². The average molecular weight is 301 g/mol. The van der Waals surface area contributed by atoms with Gasteiger partial charge in [-0.05, 0) is 43.3 Å². The zero-order chi connectivity index (χ0) is 12.7. The lowest BCUT2D eigenvalue weighted by Crippen LogP contribution is -1.94. The molecule has 0 atom stereocenters. The maximum Gasteiger partial charge on any atom is 0.159 e. The number of benzene rings is 2. The molecule has 3 nitrogen and oxygen atoms in total. The Labute approximate surface area is 112 Å². The maximum absolute atomic E-state index is 11.3. The van der Waals surface area contributed by atoms with Gasteiger partial charge in [-0.25, -0.2) is 9.97 Å². The molecule has 0 aliphatic carbocycles. The second-order valence-corrected chi connectivity index (χ2v) is 5.03. The van der Waals surface area contributed by atoms with Crippen molar-refractivity contribution in [3.63, 3.8) is 0 Å². The Hall–Kier alpha value is -1.81. The van der Waals surface area contributed by atoms with Gasteiger partial charge in [0, 0.05) is 10.0 Å². The molecule has 0 saturated heterocycles. The van der Waals surface area contributed by atoms with Crippen LogP contribution in [0, 0.1) is 0 Å². The molecular formula is C14H9BrN2O. The number of hydrogen-bond acceptors (Lipinski definition) is 3. The molecule has 0 saturated carbocycles. The summed E-state index contributed by atoms with van der Waals surface area (Å²) in [4.78, 5) is 20.4. The van der Waals surface area contributed by atoms with E-state index in [1.807, 2.05) is 24.3 Å². The van der Waals surface area contributed by atoms with Crippen molar-refractivity contribution in [2.24, 2.45) is 0 Å². The smallest absolute Gasteiger partial charge is 0.159 e. The summed E-state index contributed by atoms with van der Waals surface area (Å²) < 4.78 is 0.976. The number of ketones is 1. The van der Waals surface area contributed by atoms with Gasteiger partial charge in [0.05, 0.1) is 22.1 Å². The van der Waals surface area contributed by atoms with Crippen LogP contribution in [-0.2, 0) is 0 Å². The number of halogens is 1. The molecule has 0 aliphatic heterocycles. The third-order valence-electron chi connectivity index (χ3n) is 2.80. The van der Waals surface area contributed by atoms with E-state index < -0.39 is 0 Å². The van der Waals surface area contributed by atoms with Crippen molar-refractivity contribution >= 4 is 43.8 Å². The van der Waals surface area contributed by atoms with Gasteiger partial charge in [0.15, 0.2) is 5.78 Å². The zero-order valence-corrected chi connectivity index (χ0v) is 11.2. The highest BCUT2D eigenvalue weighted by Crippen LogP contribution is 2.20. The van der Waals surface area contributed by atoms with Crippen molar-refractivity contribution in [3.05, 3.63) is 46.4 Å². The molecule has 88 valence electrons. The third-order valence-corrected chi connectivity index (χ3v) is 3.29. The maximum atomic E-state index is 11.3. The van der Waals surface area contributed by atoms with E-state index in [0.29, 0.717) is 5.56 Å². The summed E-state index contributed by atoms with van der Waals surface area (Å²) in [5.41, 5.74) is 3.87. The molecule has 1 heterocycles. The monoisotopic (exact) mass is 300 g/mol. The van der Waals surface area contributed by atoms with Crippen LogP contribution in [0.4, 0.5) is 0 Å². The number of nitrogens with zero attached hydrogens (tertiary/aromatic N) is 2. The Kier molecular flexibility index (Phi) is 2.59. The average Bonchev–Trinajstić information content (AvgIpc) is 2.35. The van der Waals surface area contributed by atoms with Crippen molar-refractivity contribution in [1.29, 1.82) is 0 Å². The van der Waals surface area contributed by atoms with E-state index in [0.717, 1.165) is 26.5 Å². The molecule has 0 bridgehead atoms. The molecule has 4 heteroatoms. The topological polar surface area (TPSA) is 42.9 Å². The second-order valence-electron chi connectivity index (χ2n) is 4.12. The second kappa shape index (κ2) is 4.14. The van der Waals surface area contributed by atoms with Crippen LogP contribution < -0.4 is 0 Å². The van der Waals surface area contributed by atoms with E-state index in [1.54, 1.807) is 19.1 Å². The van der Waals surface area contributed by atoms with Crippen molar-refractivity contribution in [1.82, 2.24) is 9.97 Å². The summed E-state index contributed by atoms with van der Waals surface area (Å²) in [6, 6.07) is 11.2. The fourth-order valence-electron chi connectivity index (χ4n) is 1.87. The first-order valence-corrected chi connectivity index (χ1v) is 6.31. The first kappa shape index (κ1) is 11.3. The van der Waals surface area contributed by atoms with Gasteiger partial charge < -0.3 is 0 Å². The van der Waals surface area contributed by atoms with E-state index in [9.17, 15) is 4.79 Å². The number of hydrogen-bond donors (Lipinski definition) is 0. The van der Waals surface area contributed by atoms with Gasteiger partial charge in [-0.2, -0.15) is 0 Å². The molecule has 0 N–H and O–H groups in total. The number of carbonyl (C=O) groups is 1. The summed E-state index contributed by atoms with van der Waals surface area (Å²) in [5.74, 6) is 0.0367. The van der Waals surface area contributed by atoms with Crippen LogP contribution in [0.2, 0.25) is 0 Å². The molecule has 0 fully saturated rings. The number of carbonyl (C=O) groups excluding carboxylic acids is 1. The summed E-state index contributed by atoms with van der Waals surface area (Å²) in [6.07, 6.45) is 0. The van der Waals surface area contributed by atoms with Crippen LogP contribution in [0.5, 0.6) is 0 Å². The first-order valence-electron chi connectivity index (χ1n) is 5.51. The molecule has 1 aromatic heterocycles. The van der Waals surface area contributed by atoms with Crippen molar-refractivity contribution in [3.8, 4) is 0 Å². The number of rotatable bonds is 1. The quantitative estimate of drug-likeness (QED) is 0.508. The third kappa shape index (κ3) is 1.88. The van der Waals surface area contributed by atoms with Crippen LogP contribution in [0.25, 0.3) is 22.1 Å². The molecular weight excluding hydrogens is 292 g/mol. The molecule has 0 spiro atoms. The lowest BCUT2D eigenvalue weighted by Gasteiger charge is -2.02. The van der Waals surface area contributed by atoms with Gasteiger partial charge in [0.25, 0.3) is 0 Å². The molecule has 3 rings (SSSR count). The van der Waals surface area contributed by atoms with Crippen LogP contribution in [-0.4, -0.2) is 15.8 Å². The summed E-state index contributed by atoms with van der Waals surface area (Å²) >= 11 is 3.41. The Morgan fingerprint density at radius 1 is 0.944 bits per heavy atom. The molecule has 2 aromatic carbocycles. The van der Waals surface area contributed by atoms with Gasteiger partial charge in [-0.1, -0.05) is 15.9 Å². The lowest BCUT2D eigenvalue weighted by atomic mass is 10.1. The first-order chi connectivity index (χ1) is 8.63. The number of aromatic nitrogens is 2. The van der Waals surface area contributed by atoms with Crippen LogP contribution in [0.1, 0.15) is 17.3 Å². The molecule has 0 amide bonds. The zero-order valence-electron chi connectivity index (χ0n) is 9.64. The number of fused-ring (bicyclic) bond motifs is 2. The highest BCUT2D eigenvalue weighted by atomic mass is 79.9. The SMILES string of the molecule is CC(=O)c1ccc2nc3cc(Br)ccc3nc2c1. The highest BCUT2D eigenvalue weighted by molar-refractivity contribution is 9.10. The van der Waals surface area contributed by atoms with Gasteiger partial charge in [-0.15, -0.1) is 0 Å². The van der Waals surface area contributed by atoms with Gasteiger partial charge in [-0.3, -0.25) is 4.79 Å². The molecule has 0 unspecified atom stereocenters. The Morgan fingerprint density at radius 2 is 1.56 bits per heavy atom. The van der Waals surface area contributed by atoms with E-state index in [-0.39, 0.29) is 5.78 Å². The molecule has 0 aliphatic rings. The highest BCUT2D eigenvalue weighted by Gasteiger charge is 2.05. The van der Waals surface area contributed by atoms with Crippen molar-refractivity contribution in [2.75, 3.05) is 0 Å². The summed E-state index contributed by atoms with van der Waals surface area (Å²) in [5, 5.41) is 0. The Morgan fingerprint density at radius 3 is 2.22 bits per heavy atom. The van der Waals surface area contributed by atoms with E-state index >= 15 is 0 Å². The fraction of sp³-hybridized carbons (Fsp3) is 0.0714. The van der Waals surface area contributed by atoms with Gasteiger partial charge >= 0.3 is 0 Å². The Balaban J connectivity index is 2.34. The minimum atomic E-state index is 0.0367. The van der Waals surface area contributed by atoms with Crippen LogP contribution in [0.3, 0.4) is 0 Å². The minimum Gasteiger partial charge on any atom is -0.295 e. The Bertz CT molecular complexity index is 783. The predicted octanol–water partition coefficient (Wildman–Crippen LogP) is 3.75. The van der Waals surface area contributed by atoms with Crippen molar-refractivity contribution in [2.45, 2.75) is 6.92 Å². The number of Topliss-reactive ketones (excluding diaryl/α,β-unsaturated/α-hetero) is 1.